The minimum absolute atomic E-state index is 0.149. The molecule has 0 spiro atoms. The van der Waals surface area contributed by atoms with Crippen molar-refractivity contribution in [3.8, 4) is 5.75 Å². The maximum absolute atomic E-state index is 9.27. The Bertz CT molecular complexity index is 485. The molecule has 1 aromatic rings. The van der Waals surface area contributed by atoms with Gasteiger partial charge in [0.2, 0.25) is 0 Å². The fraction of sp³-hybridized carbons (Fsp3) is 0.474. The molecule has 22 heavy (non-hydrogen) atoms. The van der Waals surface area contributed by atoms with Gasteiger partial charge in [0.25, 0.3) is 0 Å². The Morgan fingerprint density at radius 1 is 1.14 bits per heavy atom. The number of benzene rings is 1. The molecule has 1 N–H and O–H groups in total. The first kappa shape index (κ1) is 18.3. The van der Waals surface area contributed by atoms with Gasteiger partial charge in [-0.1, -0.05) is 23.3 Å². The van der Waals surface area contributed by atoms with E-state index in [0.717, 1.165) is 30.8 Å². The molecule has 0 aliphatic carbocycles. The van der Waals surface area contributed by atoms with Crippen LogP contribution in [0.4, 0.5) is 5.69 Å². The van der Waals surface area contributed by atoms with E-state index in [1.807, 2.05) is 24.3 Å². The molecule has 0 radical (unpaired) electrons. The predicted octanol–water partition coefficient (Wildman–Crippen LogP) is 4.19. The van der Waals surface area contributed by atoms with E-state index < -0.39 is 0 Å². The van der Waals surface area contributed by atoms with Crippen LogP contribution in [0.25, 0.3) is 0 Å². The van der Waals surface area contributed by atoms with E-state index in [-0.39, 0.29) is 6.61 Å². The van der Waals surface area contributed by atoms with Gasteiger partial charge in [0.05, 0.1) is 13.7 Å². The largest absolute Gasteiger partial charge is 0.497 e. The highest BCUT2D eigenvalue weighted by Gasteiger charge is 2.04. The maximum atomic E-state index is 9.27. The van der Waals surface area contributed by atoms with Gasteiger partial charge in [-0.15, -0.1) is 0 Å². The number of aliphatic hydroxyl groups excluding tert-OH is 1. The highest BCUT2D eigenvalue weighted by atomic mass is 16.5. The second-order valence-electron chi connectivity index (χ2n) is 5.74. The third-order valence-electron chi connectivity index (χ3n) is 3.56. The van der Waals surface area contributed by atoms with Crippen LogP contribution < -0.4 is 9.64 Å². The first-order valence-electron chi connectivity index (χ1n) is 7.85. The van der Waals surface area contributed by atoms with Crippen molar-refractivity contribution >= 4 is 5.69 Å². The van der Waals surface area contributed by atoms with Gasteiger partial charge in [0.1, 0.15) is 5.75 Å². The van der Waals surface area contributed by atoms with Crippen molar-refractivity contribution in [1.29, 1.82) is 0 Å². The van der Waals surface area contributed by atoms with Crippen LogP contribution in [-0.4, -0.2) is 31.9 Å². The Kier molecular flexibility index (Phi) is 8.38. The molecule has 0 bridgehead atoms. The molecule has 122 valence electrons. The third-order valence-corrected chi connectivity index (χ3v) is 3.56. The van der Waals surface area contributed by atoms with Crippen molar-refractivity contribution in [1.82, 2.24) is 0 Å². The number of nitrogens with zero attached hydrogens (tertiary/aromatic N) is 1. The lowest BCUT2D eigenvalue weighted by Gasteiger charge is -2.23. The Morgan fingerprint density at radius 2 is 1.82 bits per heavy atom. The van der Waals surface area contributed by atoms with E-state index in [1.54, 1.807) is 7.11 Å². The van der Waals surface area contributed by atoms with Crippen LogP contribution in [0.1, 0.15) is 33.6 Å². The number of anilines is 1. The van der Waals surface area contributed by atoms with Crippen LogP contribution in [-0.2, 0) is 0 Å². The topological polar surface area (TPSA) is 32.7 Å². The third kappa shape index (κ3) is 6.81. The summed E-state index contributed by atoms with van der Waals surface area (Å²) in [6.45, 7) is 8.02. The molecule has 0 fully saturated rings. The lowest BCUT2D eigenvalue weighted by molar-refractivity contribution is 0.303. The molecule has 1 aromatic carbocycles. The smallest absolute Gasteiger partial charge is 0.119 e. The number of aliphatic hydroxyl groups is 1. The van der Waals surface area contributed by atoms with Crippen molar-refractivity contribution in [2.75, 3.05) is 31.7 Å². The molecular formula is C19H29NO2. The summed E-state index contributed by atoms with van der Waals surface area (Å²) in [4.78, 5) is 2.17. The molecule has 0 aliphatic heterocycles. The van der Waals surface area contributed by atoms with E-state index >= 15 is 0 Å². The molecule has 1 rings (SSSR count). The normalized spacial score (nSPS) is 11.2. The summed E-state index contributed by atoms with van der Waals surface area (Å²) in [6.07, 6.45) is 6.69. The molecular weight excluding hydrogens is 274 g/mol. The maximum Gasteiger partial charge on any atom is 0.119 e. The molecule has 0 aliphatic rings. The minimum Gasteiger partial charge on any atom is -0.497 e. The predicted molar refractivity (Wildman–Crippen MR) is 94.7 cm³/mol. The quantitative estimate of drug-likeness (QED) is 0.694. The van der Waals surface area contributed by atoms with Gasteiger partial charge in [0, 0.05) is 18.8 Å². The summed E-state index contributed by atoms with van der Waals surface area (Å²) in [7, 11) is 1.67. The van der Waals surface area contributed by atoms with Crippen molar-refractivity contribution in [3.05, 3.63) is 47.6 Å². The van der Waals surface area contributed by atoms with Crippen molar-refractivity contribution in [2.24, 2.45) is 0 Å². The summed E-state index contributed by atoms with van der Waals surface area (Å²) in [5.74, 6) is 0.848. The van der Waals surface area contributed by atoms with E-state index in [0.29, 0.717) is 6.54 Å². The van der Waals surface area contributed by atoms with E-state index in [9.17, 15) is 5.11 Å². The van der Waals surface area contributed by atoms with Gasteiger partial charge in [-0.05, 0) is 57.9 Å². The number of rotatable bonds is 9. The highest BCUT2D eigenvalue weighted by Crippen LogP contribution is 2.19. The van der Waals surface area contributed by atoms with Crippen LogP contribution in [0.2, 0.25) is 0 Å². The minimum atomic E-state index is 0.149. The van der Waals surface area contributed by atoms with Crippen molar-refractivity contribution < 1.29 is 9.84 Å². The fourth-order valence-corrected chi connectivity index (χ4v) is 2.20. The van der Waals surface area contributed by atoms with Crippen molar-refractivity contribution in [3.63, 3.8) is 0 Å². The average molecular weight is 303 g/mol. The van der Waals surface area contributed by atoms with Gasteiger partial charge in [-0.2, -0.15) is 0 Å². The first-order chi connectivity index (χ1) is 10.6. The molecule has 0 unspecified atom stereocenters. The molecule has 0 amide bonds. The van der Waals surface area contributed by atoms with Gasteiger partial charge in [-0.25, -0.2) is 0 Å². The highest BCUT2D eigenvalue weighted by molar-refractivity contribution is 5.49. The summed E-state index contributed by atoms with van der Waals surface area (Å²) in [5, 5.41) is 9.27. The SMILES string of the molecule is COc1ccc(N(C/C=C(\C)CCC=C(C)C)CCO)cc1. The molecule has 0 saturated carbocycles. The zero-order valence-electron chi connectivity index (χ0n) is 14.3. The Labute approximate surface area is 134 Å². The number of methoxy groups -OCH3 is 1. The van der Waals surface area contributed by atoms with Crippen LogP contribution in [0.3, 0.4) is 0 Å². The summed E-state index contributed by atoms with van der Waals surface area (Å²) < 4.78 is 5.19. The van der Waals surface area contributed by atoms with Gasteiger partial charge < -0.3 is 14.7 Å². The molecule has 0 heterocycles. The molecule has 0 saturated heterocycles. The number of ether oxygens (including phenoxy) is 1. The van der Waals surface area contributed by atoms with Gasteiger partial charge >= 0.3 is 0 Å². The van der Waals surface area contributed by atoms with Crippen molar-refractivity contribution in [2.45, 2.75) is 33.6 Å². The second-order valence-corrected chi connectivity index (χ2v) is 5.74. The fourth-order valence-electron chi connectivity index (χ4n) is 2.20. The second kappa shape index (κ2) is 10.1. The summed E-state index contributed by atoms with van der Waals surface area (Å²) in [6, 6.07) is 7.96. The Balaban J connectivity index is 2.64. The van der Waals surface area contributed by atoms with Crippen LogP contribution in [0.5, 0.6) is 5.75 Å². The van der Waals surface area contributed by atoms with Crippen LogP contribution >= 0.6 is 0 Å². The van der Waals surface area contributed by atoms with E-state index in [4.69, 9.17) is 4.74 Å². The number of allylic oxidation sites excluding steroid dienone is 3. The lowest BCUT2D eigenvalue weighted by atomic mass is 10.1. The van der Waals surface area contributed by atoms with Crippen LogP contribution in [0, 0.1) is 0 Å². The number of hydrogen-bond acceptors (Lipinski definition) is 3. The monoisotopic (exact) mass is 303 g/mol. The van der Waals surface area contributed by atoms with Crippen LogP contribution in [0.15, 0.2) is 47.6 Å². The average Bonchev–Trinajstić information content (AvgIpc) is 2.51. The summed E-state index contributed by atoms with van der Waals surface area (Å²) in [5.41, 5.74) is 3.85. The first-order valence-corrected chi connectivity index (χ1v) is 7.85. The molecule has 0 atom stereocenters. The zero-order chi connectivity index (χ0) is 16.4. The summed E-state index contributed by atoms with van der Waals surface area (Å²) >= 11 is 0. The Morgan fingerprint density at radius 3 is 2.36 bits per heavy atom. The van der Waals surface area contributed by atoms with E-state index in [2.05, 4.69) is 37.8 Å². The van der Waals surface area contributed by atoms with Gasteiger partial charge in [0.15, 0.2) is 0 Å². The molecule has 3 nitrogen and oxygen atoms in total. The lowest BCUT2D eigenvalue weighted by Crippen LogP contribution is -2.26. The standard InChI is InChI=1S/C19H29NO2/c1-16(2)6-5-7-17(3)12-13-20(14-15-21)18-8-10-19(22-4)11-9-18/h6,8-12,21H,5,7,13-15H2,1-4H3/b17-12+. The van der Waals surface area contributed by atoms with E-state index in [1.165, 1.54) is 11.1 Å². The molecule has 3 heteroatoms. The Hall–Kier alpha value is -1.74. The van der Waals surface area contributed by atoms with Gasteiger partial charge in [-0.3, -0.25) is 0 Å². The zero-order valence-corrected chi connectivity index (χ0v) is 14.3. The number of hydrogen-bond donors (Lipinski definition) is 1. The molecule has 0 aromatic heterocycles.